The smallest absolute Gasteiger partial charge is 0.280 e. The zero-order chi connectivity index (χ0) is 21.2. The molecule has 7 nitrogen and oxygen atoms in total. The number of amides is 1. The number of carbonyl (C=O) groups is 1. The van der Waals surface area contributed by atoms with E-state index in [1.807, 2.05) is 24.3 Å². The molecule has 0 radical (unpaired) electrons. The van der Waals surface area contributed by atoms with Gasteiger partial charge in [0.1, 0.15) is 6.10 Å². The van der Waals surface area contributed by atoms with Crippen molar-refractivity contribution < 1.29 is 18.0 Å². The molecule has 0 bridgehead atoms. The number of para-hydroxylation sites is 1. The maximum absolute atomic E-state index is 12.9. The molecule has 2 aromatic carbocycles. The Balaban J connectivity index is 1.95. The van der Waals surface area contributed by atoms with Crippen molar-refractivity contribution in [3.05, 3.63) is 53.1 Å². The number of hydrogen-bond acceptors (Lipinski definition) is 7. The summed E-state index contributed by atoms with van der Waals surface area (Å²) < 4.78 is 24.5. The number of anilines is 1. The van der Waals surface area contributed by atoms with E-state index in [0.717, 1.165) is 16.5 Å². The largest absolute Gasteiger partial charge is 0.392 e. The maximum Gasteiger partial charge on any atom is 0.280 e. The number of benzene rings is 2. The predicted molar refractivity (Wildman–Crippen MR) is 116 cm³/mol. The highest BCUT2D eigenvalue weighted by atomic mass is 35.5. The van der Waals surface area contributed by atoms with E-state index in [9.17, 15) is 13.2 Å². The van der Waals surface area contributed by atoms with E-state index in [0.29, 0.717) is 10.7 Å². The first-order valence-electron chi connectivity index (χ1n) is 8.56. The monoisotopic (exact) mass is 451 g/mol. The third kappa shape index (κ3) is 5.11. The molecule has 1 aromatic heterocycles. The lowest BCUT2D eigenvalue weighted by molar-refractivity contribution is -0.110. The summed E-state index contributed by atoms with van der Waals surface area (Å²) in [6, 6.07) is 11.7. The van der Waals surface area contributed by atoms with Gasteiger partial charge in [0.25, 0.3) is 5.91 Å². The summed E-state index contributed by atoms with van der Waals surface area (Å²) in [6.45, 7) is 3.54. The van der Waals surface area contributed by atoms with Gasteiger partial charge in [0.15, 0.2) is 20.7 Å². The molecule has 0 saturated carbocycles. The Morgan fingerprint density at radius 1 is 1.24 bits per heavy atom. The third-order valence-corrected chi connectivity index (χ3v) is 6.22. The van der Waals surface area contributed by atoms with Gasteiger partial charge in [0.2, 0.25) is 0 Å². The van der Waals surface area contributed by atoms with Crippen LogP contribution < -0.4 is 5.32 Å². The molecule has 152 valence electrons. The van der Waals surface area contributed by atoms with Crippen LogP contribution in [-0.4, -0.2) is 37.4 Å². The molecule has 1 heterocycles. The number of nitrogens with zero attached hydrogens (tertiary/aromatic N) is 2. The summed E-state index contributed by atoms with van der Waals surface area (Å²) in [5.41, 5.74) is 1.05. The lowest BCUT2D eigenvalue weighted by Gasteiger charge is -2.10. The second kappa shape index (κ2) is 8.48. The summed E-state index contributed by atoms with van der Waals surface area (Å²) in [5.74, 6) is -0.548. The molecular formula is C19H18ClN3O4S2. The van der Waals surface area contributed by atoms with Gasteiger partial charge in [0, 0.05) is 11.8 Å². The minimum Gasteiger partial charge on any atom is -0.392 e. The van der Waals surface area contributed by atoms with Gasteiger partial charge >= 0.3 is 0 Å². The van der Waals surface area contributed by atoms with Crippen LogP contribution in [-0.2, 0) is 19.5 Å². The number of carbonyl (C=O) groups excluding carboxylic acids is 1. The van der Waals surface area contributed by atoms with Crippen LogP contribution in [0.25, 0.3) is 10.2 Å². The molecule has 0 fully saturated rings. The number of oxime groups is 1. The highest BCUT2D eigenvalue weighted by Crippen LogP contribution is 2.26. The van der Waals surface area contributed by atoms with Crippen LogP contribution in [0, 0.1) is 0 Å². The number of halogens is 1. The van der Waals surface area contributed by atoms with E-state index in [1.165, 1.54) is 29.5 Å². The van der Waals surface area contributed by atoms with E-state index in [-0.39, 0.29) is 21.7 Å². The molecular weight excluding hydrogens is 434 g/mol. The van der Waals surface area contributed by atoms with Gasteiger partial charge in [-0.15, -0.1) is 0 Å². The summed E-state index contributed by atoms with van der Waals surface area (Å²) in [5, 5.41) is 7.07. The Kier molecular flexibility index (Phi) is 6.21. The van der Waals surface area contributed by atoms with E-state index >= 15 is 0 Å². The lowest BCUT2D eigenvalue weighted by Crippen LogP contribution is -2.24. The van der Waals surface area contributed by atoms with Crippen molar-refractivity contribution in [1.29, 1.82) is 0 Å². The van der Waals surface area contributed by atoms with Gasteiger partial charge in [-0.2, -0.15) is 0 Å². The number of aromatic nitrogens is 1. The highest BCUT2D eigenvalue weighted by molar-refractivity contribution is 7.90. The van der Waals surface area contributed by atoms with Gasteiger partial charge in [0.05, 0.1) is 20.1 Å². The van der Waals surface area contributed by atoms with Crippen LogP contribution in [0.15, 0.2) is 52.5 Å². The topological polar surface area (TPSA) is 97.7 Å². The molecule has 1 N–H and O–H groups in total. The SMILES string of the molecule is CC(C)O/N=C(\C(=O)Nc1nc2ccccc2s1)c1ccc(S(C)(=O)=O)c(Cl)c1. The van der Waals surface area contributed by atoms with Gasteiger partial charge in [-0.05, 0) is 38.1 Å². The Morgan fingerprint density at radius 3 is 2.59 bits per heavy atom. The Morgan fingerprint density at radius 2 is 1.97 bits per heavy atom. The molecule has 3 aromatic rings. The van der Waals surface area contributed by atoms with E-state index in [1.54, 1.807) is 13.8 Å². The number of nitrogens with one attached hydrogen (secondary N) is 1. The number of thiazole rings is 1. The van der Waals surface area contributed by atoms with Crippen molar-refractivity contribution in [1.82, 2.24) is 4.98 Å². The van der Waals surface area contributed by atoms with Crippen LogP contribution in [0.4, 0.5) is 5.13 Å². The second-order valence-corrected chi connectivity index (χ2v) is 9.87. The fourth-order valence-corrected chi connectivity index (χ4v) is 4.60. The fourth-order valence-electron chi connectivity index (χ4n) is 2.41. The summed E-state index contributed by atoms with van der Waals surface area (Å²) in [6.07, 6.45) is 0.802. The third-order valence-electron chi connectivity index (χ3n) is 3.69. The van der Waals surface area contributed by atoms with Crippen LogP contribution in [0.2, 0.25) is 5.02 Å². The predicted octanol–water partition coefficient (Wildman–Crippen LogP) is 4.12. The first-order chi connectivity index (χ1) is 13.6. The minimum absolute atomic E-state index is 0.00460. The molecule has 0 spiro atoms. The van der Waals surface area contributed by atoms with Crippen molar-refractivity contribution in [3.8, 4) is 0 Å². The zero-order valence-corrected chi connectivity index (χ0v) is 18.2. The molecule has 3 rings (SSSR count). The first kappa shape index (κ1) is 21.2. The van der Waals surface area contributed by atoms with Crippen molar-refractivity contribution >= 4 is 59.7 Å². The molecule has 29 heavy (non-hydrogen) atoms. The highest BCUT2D eigenvalue weighted by Gasteiger charge is 2.21. The Bertz CT molecular complexity index is 1170. The van der Waals surface area contributed by atoms with Gasteiger partial charge in [-0.1, -0.05) is 46.3 Å². The molecule has 0 aliphatic carbocycles. The maximum atomic E-state index is 12.9. The summed E-state index contributed by atoms with van der Waals surface area (Å²) in [7, 11) is -3.50. The zero-order valence-electron chi connectivity index (χ0n) is 15.8. The van der Waals surface area contributed by atoms with E-state index < -0.39 is 15.7 Å². The second-order valence-electron chi connectivity index (χ2n) is 6.45. The van der Waals surface area contributed by atoms with Crippen LogP contribution in [0.5, 0.6) is 0 Å². The van der Waals surface area contributed by atoms with Gasteiger partial charge < -0.3 is 4.84 Å². The van der Waals surface area contributed by atoms with Crippen LogP contribution in [0.1, 0.15) is 19.4 Å². The van der Waals surface area contributed by atoms with E-state index in [4.69, 9.17) is 16.4 Å². The number of sulfone groups is 1. The lowest BCUT2D eigenvalue weighted by atomic mass is 10.1. The number of rotatable bonds is 6. The Hall–Kier alpha value is -2.49. The minimum atomic E-state index is -3.50. The Labute approximate surface area is 177 Å². The summed E-state index contributed by atoms with van der Waals surface area (Å²) in [4.78, 5) is 22.5. The van der Waals surface area contributed by atoms with Crippen molar-refractivity contribution in [2.75, 3.05) is 11.6 Å². The molecule has 0 unspecified atom stereocenters. The quantitative estimate of drug-likeness (QED) is 0.449. The summed E-state index contributed by atoms with van der Waals surface area (Å²) >= 11 is 7.45. The number of fused-ring (bicyclic) bond motifs is 1. The average molecular weight is 452 g/mol. The normalized spacial score (nSPS) is 12.4. The van der Waals surface area contributed by atoms with Crippen molar-refractivity contribution in [3.63, 3.8) is 0 Å². The van der Waals surface area contributed by atoms with Gasteiger partial charge in [-0.25, -0.2) is 13.4 Å². The standard InChI is InChI=1S/C19H18ClN3O4S2/c1-11(2)27-23-17(12-8-9-16(13(20)10-12)29(3,25)26)18(24)22-19-21-14-6-4-5-7-15(14)28-19/h4-11H,1-3H3,(H,21,22,24)/b23-17-. The van der Waals surface area contributed by atoms with Crippen LogP contribution >= 0.6 is 22.9 Å². The molecule has 10 heteroatoms. The molecule has 1 amide bonds. The molecule has 0 atom stereocenters. The van der Waals surface area contributed by atoms with Crippen molar-refractivity contribution in [2.24, 2.45) is 5.16 Å². The first-order valence-corrected chi connectivity index (χ1v) is 11.6. The molecule has 0 aliphatic rings. The average Bonchev–Trinajstić information content (AvgIpc) is 3.02. The number of hydrogen-bond donors (Lipinski definition) is 1. The molecule has 0 saturated heterocycles. The van der Waals surface area contributed by atoms with Gasteiger partial charge in [-0.3, -0.25) is 10.1 Å². The van der Waals surface area contributed by atoms with E-state index in [2.05, 4.69) is 15.5 Å². The fraction of sp³-hybridized carbons (Fsp3) is 0.211. The van der Waals surface area contributed by atoms with Crippen LogP contribution in [0.3, 0.4) is 0 Å². The molecule has 0 aliphatic heterocycles. The van der Waals surface area contributed by atoms with Crippen molar-refractivity contribution in [2.45, 2.75) is 24.8 Å².